The molecule has 0 aliphatic heterocycles. The fourth-order valence-electron chi connectivity index (χ4n) is 1.29. The molecular formula is C11H9Cl2N3OS3. The van der Waals surface area contributed by atoms with Crippen molar-refractivity contribution in [2.75, 3.05) is 17.3 Å². The lowest BCUT2D eigenvalue weighted by Crippen LogP contribution is -2.13. The van der Waals surface area contributed by atoms with Crippen molar-refractivity contribution >= 4 is 69.9 Å². The van der Waals surface area contributed by atoms with Crippen molar-refractivity contribution in [1.82, 2.24) is 9.36 Å². The van der Waals surface area contributed by atoms with Crippen LogP contribution >= 0.6 is 58.3 Å². The van der Waals surface area contributed by atoms with Crippen molar-refractivity contribution in [2.45, 2.75) is 9.50 Å². The molecule has 0 saturated carbocycles. The second-order valence-corrected chi connectivity index (χ2v) is 7.16. The summed E-state index contributed by atoms with van der Waals surface area (Å²) in [5.74, 6) is 0.113. The Labute approximate surface area is 138 Å². The van der Waals surface area contributed by atoms with E-state index in [0.717, 1.165) is 9.50 Å². The van der Waals surface area contributed by atoms with Crippen LogP contribution in [0.2, 0.25) is 10.0 Å². The molecule has 1 amide bonds. The van der Waals surface area contributed by atoms with Gasteiger partial charge in [0.2, 0.25) is 11.1 Å². The second kappa shape index (κ2) is 7.51. The van der Waals surface area contributed by atoms with Crippen LogP contribution in [0.1, 0.15) is 0 Å². The van der Waals surface area contributed by atoms with E-state index in [4.69, 9.17) is 23.2 Å². The Bertz CT molecular complexity index is 600. The van der Waals surface area contributed by atoms with Crippen LogP contribution in [0.4, 0.5) is 5.69 Å². The van der Waals surface area contributed by atoms with Gasteiger partial charge in [0.05, 0.1) is 5.75 Å². The van der Waals surface area contributed by atoms with Gasteiger partial charge in [0.25, 0.3) is 0 Å². The average Bonchev–Trinajstić information content (AvgIpc) is 2.83. The van der Waals surface area contributed by atoms with Crippen LogP contribution < -0.4 is 5.32 Å². The van der Waals surface area contributed by atoms with Gasteiger partial charge in [-0.2, -0.15) is 4.37 Å². The van der Waals surface area contributed by atoms with E-state index in [1.165, 1.54) is 35.1 Å². The summed E-state index contributed by atoms with van der Waals surface area (Å²) >= 11 is 15.8. The van der Waals surface area contributed by atoms with E-state index in [0.29, 0.717) is 15.7 Å². The molecule has 2 rings (SSSR count). The predicted molar refractivity (Wildman–Crippen MR) is 87.5 cm³/mol. The molecular weight excluding hydrogens is 357 g/mol. The van der Waals surface area contributed by atoms with Crippen molar-refractivity contribution in [2.24, 2.45) is 0 Å². The number of amides is 1. The zero-order chi connectivity index (χ0) is 14.5. The minimum atomic E-state index is -0.144. The first-order valence-corrected chi connectivity index (χ1v) is 9.07. The molecule has 1 aromatic heterocycles. The van der Waals surface area contributed by atoms with Gasteiger partial charge in [0.1, 0.15) is 0 Å². The third kappa shape index (κ3) is 4.82. The standard InChI is InChI=1S/C11H9Cl2N3OS3/c1-18-10-15-11(20-16-10)19-5-9(17)14-8-3-6(12)2-7(13)4-8/h2-4H,5H2,1H3,(H,14,17). The van der Waals surface area contributed by atoms with Crippen molar-refractivity contribution in [3.05, 3.63) is 28.2 Å². The number of hydrogen-bond donors (Lipinski definition) is 1. The summed E-state index contributed by atoms with van der Waals surface area (Å²) in [6.07, 6.45) is 1.91. The fraction of sp³-hybridized carbons (Fsp3) is 0.182. The highest BCUT2D eigenvalue weighted by atomic mass is 35.5. The van der Waals surface area contributed by atoms with Crippen molar-refractivity contribution in [3.63, 3.8) is 0 Å². The number of carbonyl (C=O) groups excluding carboxylic acids is 1. The third-order valence-electron chi connectivity index (χ3n) is 2.04. The Morgan fingerprint density at radius 1 is 1.35 bits per heavy atom. The summed E-state index contributed by atoms with van der Waals surface area (Å²) in [7, 11) is 0. The van der Waals surface area contributed by atoms with Crippen molar-refractivity contribution < 1.29 is 4.79 Å². The minimum absolute atomic E-state index is 0.144. The number of anilines is 1. The molecule has 0 radical (unpaired) electrons. The zero-order valence-electron chi connectivity index (χ0n) is 10.2. The lowest BCUT2D eigenvalue weighted by molar-refractivity contribution is -0.113. The van der Waals surface area contributed by atoms with Gasteiger partial charge in [-0.15, -0.1) is 0 Å². The highest BCUT2D eigenvalue weighted by Gasteiger charge is 2.08. The first-order valence-electron chi connectivity index (χ1n) is 5.33. The molecule has 0 saturated heterocycles. The topological polar surface area (TPSA) is 54.9 Å². The summed E-state index contributed by atoms with van der Waals surface area (Å²) in [6.45, 7) is 0. The van der Waals surface area contributed by atoms with Crippen LogP contribution in [0.15, 0.2) is 27.7 Å². The van der Waals surface area contributed by atoms with E-state index in [-0.39, 0.29) is 11.7 Å². The fourth-order valence-corrected chi connectivity index (χ4v) is 3.82. The summed E-state index contributed by atoms with van der Waals surface area (Å²) in [5.41, 5.74) is 0.579. The average molecular weight is 366 g/mol. The van der Waals surface area contributed by atoms with E-state index in [1.807, 2.05) is 6.26 Å². The molecule has 1 heterocycles. The second-order valence-electron chi connectivity index (χ2n) is 3.54. The monoisotopic (exact) mass is 365 g/mol. The van der Waals surface area contributed by atoms with E-state index in [1.54, 1.807) is 18.2 Å². The molecule has 2 aromatic rings. The number of benzene rings is 1. The largest absolute Gasteiger partial charge is 0.325 e. The maximum absolute atomic E-state index is 11.8. The van der Waals surface area contributed by atoms with Gasteiger partial charge in [0, 0.05) is 15.7 Å². The Morgan fingerprint density at radius 3 is 2.65 bits per heavy atom. The third-order valence-corrected chi connectivity index (χ3v) is 4.98. The maximum Gasteiger partial charge on any atom is 0.234 e. The summed E-state index contributed by atoms with van der Waals surface area (Å²) in [4.78, 5) is 16.1. The molecule has 1 aromatic carbocycles. The molecule has 0 aliphatic carbocycles. The molecule has 4 nitrogen and oxygen atoms in total. The van der Waals surface area contributed by atoms with Gasteiger partial charge in [-0.25, -0.2) is 4.98 Å². The Morgan fingerprint density at radius 2 is 2.05 bits per heavy atom. The Balaban J connectivity index is 1.89. The molecule has 9 heteroatoms. The van der Waals surface area contributed by atoms with Gasteiger partial charge in [-0.05, 0) is 36.0 Å². The van der Waals surface area contributed by atoms with Crippen LogP contribution in [-0.2, 0) is 4.79 Å². The highest BCUT2D eigenvalue weighted by molar-refractivity contribution is 8.01. The van der Waals surface area contributed by atoms with E-state index in [9.17, 15) is 4.79 Å². The SMILES string of the molecule is CSc1nsc(SCC(=O)Nc2cc(Cl)cc(Cl)c2)n1. The number of nitrogens with one attached hydrogen (secondary N) is 1. The molecule has 0 fully saturated rings. The van der Waals surface area contributed by atoms with Gasteiger partial charge in [-0.1, -0.05) is 46.7 Å². The molecule has 20 heavy (non-hydrogen) atoms. The highest BCUT2D eigenvalue weighted by Crippen LogP contribution is 2.25. The predicted octanol–water partition coefficient (Wildman–Crippen LogP) is 4.30. The summed E-state index contributed by atoms with van der Waals surface area (Å²) in [6, 6.07) is 4.90. The number of hydrogen-bond acceptors (Lipinski definition) is 6. The lowest BCUT2D eigenvalue weighted by atomic mass is 10.3. The van der Waals surface area contributed by atoms with Gasteiger partial charge >= 0.3 is 0 Å². The van der Waals surface area contributed by atoms with Crippen LogP contribution in [0.25, 0.3) is 0 Å². The van der Waals surface area contributed by atoms with Crippen LogP contribution in [0.5, 0.6) is 0 Å². The quantitative estimate of drug-likeness (QED) is 0.800. The van der Waals surface area contributed by atoms with E-state index < -0.39 is 0 Å². The number of rotatable bonds is 5. The molecule has 0 bridgehead atoms. The number of carbonyl (C=O) groups is 1. The van der Waals surface area contributed by atoms with E-state index in [2.05, 4.69) is 14.7 Å². The normalized spacial score (nSPS) is 10.6. The van der Waals surface area contributed by atoms with Crippen molar-refractivity contribution in [1.29, 1.82) is 0 Å². The molecule has 0 atom stereocenters. The molecule has 0 spiro atoms. The minimum Gasteiger partial charge on any atom is -0.325 e. The lowest BCUT2D eigenvalue weighted by Gasteiger charge is -2.05. The van der Waals surface area contributed by atoms with Crippen LogP contribution in [0.3, 0.4) is 0 Å². The number of nitrogens with zero attached hydrogens (tertiary/aromatic N) is 2. The number of halogens is 2. The Kier molecular flexibility index (Phi) is 5.98. The van der Waals surface area contributed by atoms with Crippen LogP contribution in [0, 0.1) is 0 Å². The molecule has 0 aliphatic rings. The molecule has 106 valence electrons. The molecule has 1 N–H and O–H groups in total. The van der Waals surface area contributed by atoms with Crippen molar-refractivity contribution in [3.8, 4) is 0 Å². The zero-order valence-corrected chi connectivity index (χ0v) is 14.2. The summed E-state index contributed by atoms with van der Waals surface area (Å²) < 4.78 is 4.90. The summed E-state index contributed by atoms with van der Waals surface area (Å²) in [5, 5.41) is 4.42. The maximum atomic E-state index is 11.8. The Hall–Kier alpha value is -0.470. The molecule has 0 unspecified atom stereocenters. The van der Waals surface area contributed by atoms with Gasteiger partial charge in [-0.3, -0.25) is 4.79 Å². The first-order chi connectivity index (χ1) is 9.56. The van der Waals surface area contributed by atoms with Crippen LogP contribution in [-0.4, -0.2) is 27.3 Å². The smallest absolute Gasteiger partial charge is 0.234 e. The van der Waals surface area contributed by atoms with Gasteiger partial charge in [0.15, 0.2) is 4.34 Å². The van der Waals surface area contributed by atoms with E-state index >= 15 is 0 Å². The number of aromatic nitrogens is 2. The first kappa shape index (κ1) is 15.9. The number of thioether (sulfide) groups is 2. The van der Waals surface area contributed by atoms with Gasteiger partial charge < -0.3 is 5.32 Å².